The van der Waals surface area contributed by atoms with Crippen LogP contribution in [0.4, 0.5) is 0 Å². The van der Waals surface area contributed by atoms with Crippen LogP contribution in [0.1, 0.15) is 23.3 Å². The van der Waals surface area contributed by atoms with Gasteiger partial charge in [0.15, 0.2) is 29.3 Å². The van der Waals surface area contributed by atoms with Crippen LogP contribution >= 0.6 is 0 Å². The van der Waals surface area contributed by atoms with E-state index in [0.29, 0.717) is 36.7 Å². The van der Waals surface area contributed by atoms with Gasteiger partial charge in [-0.3, -0.25) is 4.79 Å². The van der Waals surface area contributed by atoms with E-state index in [1.54, 1.807) is 24.3 Å². The van der Waals surface area contributed by atoms with E-state index in [2.05, 4.69) is 16.9 Å². The van der Waals surface area contributed by atoms with Gasteiger partial charge in [0.05, 0.1) is 0 Å². The van der Waals surface area contributed by atoms with Gasteiger partial charge in [0.1, 0.15) is 19.3 Å². The highest BCUT2D eigenvalue weighted by Crippen LogP contribution is 2.35. The molecule has 3 rings (SSSR count). The van der Waals surface area contributed by atoms with Crippen molar-refractivity contribution >= 4 is 11.9 Å². The number of nitrogens with zero attached hydrogens (tertiary/aromatic N) is 1. The van der Waals surface area contributed by atoms with E-state index in [4.69, 9.17) is 13.9 Å². The summed E-state index contributed by atoms with van der Waals surface area (Å²) in [6, 6.07) is 4.10. The van der Waals surface area contributed by atoms with Crippen molar-refractivity contribution in [3.63, 3.8) is 0 Å². The lowest BCUT2D eigenvalue weighted by molar-refractivity contribution is -0.139. The van der Waals surface area contributed by atoms with Gasteiger partial charge in [0, 0.05) is 5.56 Å². The molecule has 8 nitrogen and oxygen atoms in total. The summed E-state index contributed by atoms with van der Waals surface area (Å²) in [4.78, 5) is 27.7. The van der Waals surface area contributed by atoms with Gasteiger partial charge in [-0.15, -0.1) is 6.58 Å². The van der Waals surface area contributed by atoms with Gasteiger partial charge in [-0.05, 0) is 31.0 Å². The van der Waals surface area contributed by atoms with Crippen LogP contribution in [0.15, 0.2) is 41.7 Å². The molecule has 0 radical (unpaired) electrons. The number of benzene rings is 1. The monoisotopic (exact) mass is 358 g/mol. The Morgan fingerprint density at radius 3 is 2.81 bits per heavy atom. The zero-order valence-corrected chi connectivity index (χ0v) is 13.9. The molecule has 1 aromatic heterocycles. The summed E-state index contributed by atoms with van der Waals surface area (Å²) >= 11 is 0. The normalized spacial score (nSPS) is 13.7. The highest BCUT2D eigenvalue weighted by molar-refractivity contribution is 5.99. The third kappa shape index (κ3) is 3.69. The molecule has 1 aliphatic rings. The average Bonchev–Trinajstić information content (AvgIpc) is 3.14. The maximum absolute atomic E-state index is 12.5. The van der Waals surface area contributed by atoms with Crippen molar-refractivity contribution in [1.82, 2.24) is 10.3 Å². The Bertz CT molecular complexity index is 829. The van der Waals surface area contributed by atoms with Crippen molar-refractivity contribution in [3.8, 4) is 22.8 Å². The standard InChI is InChI=1S/C18H18N2O6/c1-2-3-4-12(18(22)23)20-17(21)15-16(26-10-19-15)11-5-6-13-14(9-11)25-8-7-24-13/h2,5-6,9-10,12H,1,3-4,7-8H2,(H,20,21)(H,22,23). The van der Waals surface area contributed by atoms with Gasteiger partial charge in [0.2, 0.25) is 0 Å². The minimum absolute atomic E-state index is 0.00605. The third-order valence-corrected chi connectivity index (χ3v) is 3.85. The van der Waals surface area contributed by atoms with E-state index in [1.165, 1.54) is 0 Å². The Morgan fingerprint density at radius 1 is 1.31 bits per heavy atom. The molecule has 1 unspecified atom stereocenters. The SMILES string of the molecule is C=CCCC(NC(=O)c1ncoc1-c1ccc2c(c1)OCCO2)C(=O)O. The highest BCUT2D eigenvalue weighted by Gasteiger charge is 2.25. The predicted octanol–water partition coefficient (Wildman–Crippen LogP) is 2.26. The van der Waals surface area contributed by atoms with Gasteiger partial charge in [0.25, 0.3) is 5.91 Å². The summed E-state index contributed by atoms with van der Waals surface area (Å²) < 4.78 is 16.3. The molecule has 1 aliphatic heterocycles. The van der Waals surface area contributed by atoms with Gasteiger partial charge in [-0.2, -0.15) is 0 Å². The van der Waals surface area contributed by atoms with Crippen LogP contribution in [0, 0.1) is 0 Å². The highest BCUT2D eigenvalue weighted by atomic mass is 16.6. The summed E-state index contributed by atoms with van der Waals surface area (Å²) in [5, 5.41) is 11.7. The molecular weight excluding hydrogens is 340 g/mol. The van der Waals surface area contributed by atoms with Crippen LogP contribution in [0.2, 0.25) is 0 Å². The number of carbonyl (C=O) groups excluding carboxylic acids is 1. The molecule has 1 amide bonds. The first-order valence-corrected chi connectivity index (χ1v) is 8.08. The number of oxazole rings is 1. The van der Waals surface area contributed by atoms with Gasteiger partial charge in [-0.1, -0.05) is 6.08 Å². The number of hydrogen-bond acceptors (Lipinski definition) is 6. The number of aromatic nitrogens is 1. The number of aliphatic carboxylic acids is 1. The van der Waals surface area contributed by atoms with E-state index in [-0.39, 0.29) is 17.9 Å². The second-order valence-electron chi connectivity index (χ2n) is 5.62. The zero-order chi connectivity index (χ0) is 18.5. The fourth-order valence-corrected chi connectivity index (χ4v) is 2.57. The van der Waals surface area contributed by atoms with E-state index in [9.17, 15) is 14.7 Å². The number of nitrogens with one attached hydrogen (secondary N) is 1. The third-order valence-electron chi connectivity index (χ3n) is 3.85. The molecule has 0 saturated carbocycles. The topological polar surface area (TPSA) is 111 Å². The van der Waals surface area contributed by atoms with Crippen molar-refractivity contribution in [1.29, 1.82) is 0 Å². The second-order valence-corrected chi connectivity index (χ2v) is 5.62. The molecule has 8 heteroatoms. The Balaban J connectivity index is 1.82. The maximum Gasteiger partial charge on any atom is 0.326 e. The number of allylic oxidation sites excluding steroid dienone is 1. The van der Waals surface area contributed by atoms with Gasteiger partial charge >= 0.3 is 5.97 Å². The van der Waals surface area contributed by atoms with Crippen LogP contribution in [-0.2, 0) is 4.79 Å². The fraction of sp³-hybridized carbons (Fsp3) is 0.278. The smallest absolute Gasteiger partial charge is 0.326 e. The molecule has 0 bridgehead atoms. The zero-order valence-electron chi connectivity index (χ0n) is 13.9. The molecule has 0 saturated heterocycles. The van der Waals surface area contributed by atoms with Crippen molar-refractivity contribution in [2.45, 2.75) is 18.9 Å². The second kappa shape index (κ2) is 7.73. The fourth-order valence-electron chi connectivity index (χ4n) is 2.57. The quantitative estimate of drug-likeness (QED) is 0.730. The van der Waals surface area contributed by atoms with E-state index >= 15 is 0 Å². The molecule has 0 spiro atoms. The van der Waals surface area contributed by atoms with Crippen LogP contribution in [-0.4, -0.2) is 41.2 Å². The first-order chi connectivity index (χ1) is 12.6. The van der Waals surface area contributed by atoms with E-state index < -0.39 is 17.9 Å². The minimum atomic E-state index is -1.12. The summed E-state index contributed by atoms with van der Waals surface area (Å²) in [6.07, 6.45) is 3.44. The number of carboxylic acid groups (broad SMARTS) is 1. The van der Waals surface area contributed by atoms with Crippen LogP contribution in [0.25, 0.3) is 11.3 Å². The molecule has 1 aromatic carbocycles. The van der Waals surface area contributed by atoms with E-state index in [0.717, 1.165) is 6.39 Å². The molecule has 2 aromatic rings. The van der Waals surface area contributed by atoms with Crippen molar-refractivity contribution in [2.24, 2.45) is 0 Å². The first-order valence-electron chi connectivity index (χ1n) is 8.08. The Kier molecular flexibility index (Phi) is 5.21. The molecule has 0 aliphatic carbocycles. The number of carboxylic acids is 1. The largest absolute Gasteiger partial charge is 0.486 e. The number of hydrogen-bond donors (Lipinski definition) is 2. The van der Waals surface area contributed by atoms with E-state index in [1.807, 2.05) is 0 Å². The number of ether oxygens (including phenoxy) is 2. The molecule has 136 valence electrons. The van der Waals surface area contributed by atoms with Crippen LogP contribution in [0.3, 0.4) is 0 Å². The number of rotatable bonds is 7. The Labute approximate surface area is 149 Å². The van der Waals surface area contributed by atoms with Crippen LogP contribution < -0.4 is 14.8 Å². The maximum atomic E-state index is 12.5. The molecule has 26 heavy (non-hydrogen) atoms. The Hall–Kier alpha value is -3.29. The lowest BCUT2D eigenvalue weighted by atomic mass is 10.1. The number of amides is 1. The summed E-state index contributed by atoms with van der Waals surface area (Å²) in [7, 11) is 0. The summed E-state index contributed by atoms with van der Waals surface area (Å²) in [5.74, 6) is -0.358. The summed E-state index contributed by atoms with van der Waals surface area (Å²) in [5.41, 5.74) is 0.585. The minimum Gasteiger partial charge on any atom is -0.486 e. The van der Waals surface area contributed by atoms with Gasteiger partial charge in [-0.25, -0.2) is 9.78 Å². The molecule has 0 fully saturated rings. The Morgan fingerprint density at radius 2 is 2.08 bits per heavy atom. The first kappa shape index (κ1) is 17.5. The lowest BCUT2D eigenvalue weighted by Gasteiger charge is -2.18. The van der Waals surface area contributed by atoms with Crippen molar-refractivity contribution in [2.75, 3.05) is 13.2 Å². The molecular formula is C18H18N2O6. The molecule has 1 atom stereocenters. The van der Waals surface area contributed by atoms with Crippen molar-refractivity contribution < 1.29 is 28.6 Å². The average molecular weight is 358 g/mol. The van der Waals surface area contributed by atoms with Gasteiger partial charge < -0.3 is 24.3 Å². The predicted molar refractivity (Wildman–Crippen MR) is 91.3 cm³/mol. The van der Waals surface area contributed by atoms with Crippen molar-refractivity contribution in [3.05, 3.63) is 42.9 Å². The number of fused-ring (bicyclic) bond motifs is 1. The molecule has 2 N–H and O–H groups in total. The summed E-state index contributed by atoms with van der Waals surface area (Å²) in [6.45, 7) is 4.47. The lowest BCUT2D eigenvalue weighted by Crippen LogP contribution is -2.41. The van der Waals surface area contributed by atoms with Crippen LogP contribution in [0.5, 0.6) is 11.5 Å². The molecule has 2 heterocycles. The number of carbonyl (C=O) groups is 2.